The molecule has 138 valence electrons. The Balaban J connectivity index is 1.98. The highest BCUT2D eigenvalue weighted by Crippen LogP contribution is 2.27. The molecule has 1 saturated heterocycles. The van der Waals surface area contributed by atoms with Crippen LogP contribution in [0.2, 0.25) is 0 Å². The molecule has 0 saturated carbocycles. The summed E-state index contributed by atoms with van der Waals surface area (Å²) in [5, 5.41) is 13.7. The summed E-state index contributed by atoms with van der Waals surface area (Å²) in [5.74, 6) is -0.714. The summed E-state index contributed by atoms with van der Waals surface area (Å²) in [5.41, 5.74) is -1.14. The van der Waals surface area contributed by atoms with E-state index in [1.165, 1.54) is 17.0 Å². The van der Waals surface area contributed by atoms with Crippen molar-refractivity contribution < 1.29 is 23.6 Å². The molecular formula is C16H22FN3O5. The molecule has 0 bridgehead atoms. The van der Waals surface area contributed by atoms with Gasteiger partial charge in [0.15, 0.2) is 5.82 Å². The number of ether oxygens (including phenoxy) is 2. The Kier molecular flexibility index (Phi) is 5.78. The van der Waals surface area contributed by atoms with Crippen LogP contribution in [-0.4, -0.2) is 53.9 Å². The summed E-state index contributed by atoms with van der Waals surface area (Å²) in [6, 6.07) is 3.64. The lowest BCUT2D eigenvalue weighted by Gasteiger charge is -2.34. The summed E-state index contributed by atoms with van der Waals surface area (Å²) in [6.07, 6.45) is -0.877. The standard InChI is InChI=1S/C16H22FN3O5/c1-16(2,3)25-15(21)19-7-8-24-11(10-19)9-18-14-12(17)5-4-6-13(14)20(22)23/h4-6,11,18H,7-10H2,1-3H3/t11-/m1/s1. The summed E-state index contributed by atoms with van der Waals surface area (Å²) >= 11 is 0. The smallest absolute Gasteiger partial charge is 0.410 e. The van der Waals surface area contributed by atoms with Crippen molar-refractivity contribution in [2.45, 2.75) is 32.5 Å². The number of nitro groups is 1. The molecule has 1 N–H and O–H groups in total. The zero-order valence-electron chi connectivity index (χ0n) is 14.5. The summed E-state index contributed by atoms with van der Waals surface area (Å²) in [4.78, 5) is 24.0. The van der Waals surface area contributed by atoms with E-state index in [2.05, 4.69) is 5.32 Å². The fourth-order valence-corrected chi connectivity index (χ4v) is 2.39. The fourth-order valence-electron chi connectivity index (χ4n) is 2.39. The highest BCUT2D eigenvalue weighted by molar-refractivity contribution is 5.68. The molecule has 1 amide bonds. The first-order chi connectivity index (χ1) is 11.7. The third-order valence-electron chi connectivity index (χ3n) is 3.49. The zero-order chi connectivity index (χ0) is 18.6. The van der Waals surface area contributed by atoms with Crippen LogP contribution in [0.5, 0.6) is 0 Å². The van der Waals surface area contributed by atoms with Crippen LogP contribution in [0.1, 0.15) is 20.8 Å². The van der Waals surface area contributed by atoms with E-state index in [1.54, 1.807) is 20.8 Å². The number of anilines is 1. The lowest BCUT2D eigenvalue weighted by molar-refractivity contribution is -0.384. The van der Waals surface area contributed by atoms with E-state index in [-0.39, 0.29) is 24.5 Å². The van der Waals surface area contributed by atoms with E-state index in [9.17, 15) is 19.3 Å². The highest BCUT2D eigenvalue weighted by Gasteiger charge is 2.28. The van der Waals surface area contributed by atoms with Crippen LogP contribution >= 0.6 is 0 Å². The maximum Gasteiger partial charge on any atom is 0.410 e. The van der Waals surface area contributed by atoms with Crippen LogP contribution in [0.3, 0.4) is 0 Å². The van der Waals surface area contributed by atoms with Gasteiger partial charge in [-0.15, -0.1) is 0 Å². The molecule has 1 aromatic rings. The van der Waals surface area contributed by atoms with E-state index < -0.39 is 28.5 Å². The number of morpholine rings is 1. The Morgan fingerprint density at radius 3 is 2.88 bits per heavy atom. The van der Waals surface area contributed by atoms with Gasteiger partial charge in [-0.2, -0.15) is 0 Å². The minimum atomic E-state index is -0.714. The van der Waals surface area contributed by atoms with Crippen molar-refractivity contribution in [3.05, 3.63) is 34.1 Å². The number of carbonyl (C=O) groups is 1. The number of amides is 1. The third-order valence-corrected chi connectivity index (χ3v) is 3.49. The predicted octanol–water partition coefficient (Wildman–Crippen LogP) is 2.78. The van der Waals surface area contributed by atoms with Gasteiger partial charge in [0.25, 0.3) is 5.69 Å². The second-order valence-electron chi connectivity index (χ2n) is 6.69. The lowest BCUT2D eigenvalue weighted by Crippen LogP contribution is -2.49. The van der Waals surface area contributed by atoms with Crippen molar-refractivity contribution in [2.24, 2.45) is 0 Å². The summed E-state index contributed by atoms with van der Waals surface area (Å²) in [7, 11) is 0. The van der Waals surface area contributed by atoms with Crippen molar-refractivity contribution in [2.75, 3.05) is 31.6 Å². The molecule has 8 nitrogen and oxygen atoms in total. The molecule has 0 spiro atoms. The Labute approximate surface area is 145 Å². The summed E-state index contributed by atoms with van der Waals surface area (Å²) < 4.78 is 24.7. The highest BCUT2D eigenvalue weighted by atomic mass is 19.1. The molecule has 1 aromatic carbocycles. The average Bonchev–Trinajstić information content (AvgIpc) is 2.52. The number of halogens is 1. The minimum absolute atomic E-state index is 0.126. The minimum Gasteiger partial charge on any atom is -0.444 e. The normalized spacial score (nSPS) is 17.9. The summed E-state index contributed by atoms with van der Waals surface area (Å²) in [6.45, 7) is 6.42. The van der Waals surface area contributed by atoms with Gasteiger partial charge in [0, 0.05) is 19.2 Å². The molecule has 0 aliphatic carbocycles. The monoisotopic (exact) mass is 355 g/mol. The number of benzene rings is 1. The second-order valence-corrected chi connectivity index (χ2v) is 6.69. The van der Waals surface area contributed by atoms with E-state index in [0.29, 0.717) is 13.2 Å². The van der Waals surface area contributed by atoms with Crippen LogP contribution < -0.4 is 5.32 Å². The van der Waals surface area contributed by atoms with Gasteiger partial charge in [0.05, 0.1) is 24.2 Å². The first-order valence-corrected chi connectivity index (χ1v) is 7.93. The number of rotatable bonds is 4. The van der Waals surface area contributed by atoms with E-state index in [1.807, 2.05) is 0 Å². The molecule has 2 rings (SSSR count). The number of para-hydroxylation sites is 1. The molecule has 1 aliphatic rings. The maximum absolute atomic E-state index is 13.9. The molecular weight excluding hydrogens is 333 g/mol. The predicted molar refractivity (Wildman–Crippen MR) is 89.1 cm³/mol. The van der Waals surface area contributed by atoms with Gasteiger partial charge in [-0.25, -0.2) is 9.18 Å². The SMILES string of the molecule is CC(C)(C)OC(=O)N1CCO[C@H](CNc2c(F)cccc2[N+](=O)[O-])C1. The zero-order valence-corrected chi connectivity index (χ0v) is 14.5. The number of nitrogens with one attached hydrogen (secondary N) is 1. The van der Waals surface area contributed by atoms with Crippen LogP contribution in [0.15, 0.2) is 18.2 Å². The van der Waals surface area contributed by atoms with Gasteiger partial charge in [-0.05, 0) is 26.8 Å². The maximum atomic E-state index is 13.9. The van der Waals surface area contributed by atoms with E-state index >= 15 is 0 Å². The van der Waals surface area contributed by atoms with Gasteiger partial charge in [0.2, 0.25) is 0 Å². The van der Waals surface area contributed by atoms with Gasteiger partial charge >= 0.3 is 6.09 Å². The molecule has 1 aliphatic heterocycles. The molecule has 9 heteroatoms. The van der Waals surface area contributed by atoms with Gasteiger partial charge < -0.3 is 19.7 Å². The first-order valence-electron chi connectivity index (χ1n) is 7.93. The molecule has 0 aromatic heterocycles. The number of nitrogens with zero attached hydrogens (tertiary/aromatic N) is 2. The lowest BCUT2D eigenvalue weighted by atomic mass is 10.2. The molecule has 1 fully saturated rings. The van der Waals surface area contributed by atoms with Crippen LogP contribution in [0, 0.1) is 15.9 Å². The topological polar surface area (TPSA) is 93.9 Å². The van der Waals surface area contributed by atoms with Crippen molar-refractivity contribution in [1.29, 1.82) is 0 Å². The van der Waals surface area contributed by atoms with Crippen molar-refractivity contribution in [3.63, 3.8) is 0 Å². The third kappa shape index (κ3) is 5.28. The molecule has 0 radical (unpaired) electrons. The molecule has 0 unspecified atom stereocenters. The van der Waals surface area contributed by atoms with Crippen molar-refractivity contribution >= 4 is 17.5 Å². The van der Waals surface area contributed by atoms with Crippen molar-refractivity contribution in [3.8, 4) is 0 Å². The van der Waals surface area contributed by atoms with Gasteiger partial charge in [0.1, 0.15) is 11.3 Å². The van der Waals surface area contributed by atoms with Gasteiger partial charge in [-0.1, -0.05) is 6.07 Å². The average molecular weight is 355 g/mol. The Morgan fingerprint density at radius 2 is 2.24 bits per heavy atom. The van der Waals surface area contributed by atoms with Crippen molar-refractivity contribution in [1.82, 2.24) is 4.90 Å². The largest absolute Gasteiger partial charge is 0.444 e. The fraction of sp³-hybridized carbons (Fsp3) is 0.562. The second kappa shape index (κ2) is 7.64. The van der Waals surface area contributed by atoms with E-state index in [0.717, 1.165) is 6.07 Å². The number of carbonyl (C=O) groups excluding carboxylic acids is 1. The Hall–Kier alpha value is -2.42. The molecule has 1 heterocycles. The van der Waals surface area contributed by atoms with Crippen LogP contribution in [0.25, 0.3) is 0 Å². The first kappa shape index (κ1) is 18.9. The van der Waals surface area contributed by atoms with Crippen LogP contribution in [0.4, 0.5) is 20.6 Å². The Bertz CT molecular complexity index is 647. The van der Waals surface area contributed by atoms with Crippen LogP contribution in [-0.2, 0) is 9.47 Å². The van der Waals surface area contributed by atoms with Gasteiger partial charge in [-0.3, -0.25) is 10.1 Å². The molecule has 25 heavy (non-hydrogen) atoms. The quantitative estimate of drug-likeness (QED) is 0.659. The van der Waals surface area contributed by atoms with E-state index in [4.69, 9.17) is 9.47 Å². The number of hydrogen-bond donors (Lipinski definition) is 1. The molecule has 1 atom stereocenters. The number of nitro benzene ring substituents is 1. The Morgan fingerprint density at radius 1 is 1.52 bits per heavy atom. The number of hydrogen-bond acceptors (Lipinski definition) is 6.